The van der Waals surface area contributed by atoms with Gasteiger partial charge in [-0.15, -0.1) is 0 Å². The smallest absolute Gasteiger partial charge is 0.315 e. The highest BCUT2D eigenvalue weighted by Crippen LogP contribution is 2.20. The summed E-state index contributed by atoms with van der Waals surface area (Å²) < 4.78 is 0. The zero-order valence-electron chi connectivity index (χ0n) is 13.4. The van der Waals surface area contributed by atoms with Crippen molar-refractivity contribution in [2.45, 2.75) is 32.4 Å². The summed E-state index contributed by atoms with van der Waals surface area (Å²) in [5.41, 5.74) is 8.31. The average molecular weight is 315 g/mol. The van der Waals surface area contributed by atoms with Gasteiger partial charge in [0.25, 0.3) is 0 Å². The Labute approximate surface area is 134 Å². The monoisotopic (exact) mass is 315 g/mol. The van der Waals surface area contributed by atoms with Crippen LogP contribution >= 0.6 is 0 Å². The number of aromatic amines is 1. The number of benzene rings is 1. The molecule has 1 aliphatic heterocycles. The highest BCUT2D eigenvalue weighted by molar-refractivity contribution is 5.87. The largest absolute Gasteiger partial charge is 0.351 e. The first-order valence-electron chi connectivity index (χ1n) is 7.72. The second kappa shape index (κ2) is 5.91. The second-order valence-electron chi connectivity index (χ2n) is 6.04. The number of fused-ring (bicyclic) bond motifs is 1. The molecule has 1 aromatic heterocycles. The Hall–Kier alpha value is -2.57. The molecule has 122 valence electrons. The van der Waals surface area contributed by atoms with Gasteiger partial charge in [0.05, 0.1) is 17.6 Å². The molecule has 0 saturated carbocycles. The van der Waals surface area contributed by atoms with Gasteiger partial charge in [-0.1, -0.05) is 12.1 Å². The Balaban J connectivity index is 1.75. The van der Waals surface area contributed by atoms with Gasteiger partial charge in [-0.3, -0.25) is 4.79 Å². The van der Waals surface area contributed by atoms with Gasteiger partial charge in [0, 0.05) is 13.6 Å². The molecule has 1 aliphatic rings. The second-order valence-corrected chi connectivity index (χ2v) is 6.04. The summed E-state index contributed by atoms with van der Waals surface area (Å²) in [5.74, 6) is 0.632. The number of amides is 3. The summed E-state index contributed by atoms with van der Waals surface area (Å²) in [6, 6.07) is 4.95. The number of aromatic nitrogens is 2. The van der Waals surface area contributed by atoms with Crippen molar-refractivity contribution in [3.8, 4) is 0 Å². The zero-order chi connectivity index (χ0) is 16.6. The van der Waals surface area contributed by atoms with E-state index in [9.17, 15) is 9.59 Å². The van der Waals surface area contributed by atoms with Crippen LogP contribution in [0.15, 0.2) is 18.2 Å². The molecule has 1 aromatic carbocycles. The lowest BCUT2D eigenvalue weighted by Crippen LogP contribution is -2.48. The number of likely N-dealkylation sites (N-methyl/N-ethyl adjacent to an activating group) is 1. The van der Waals surface area contributed by atoms with Crippen molar-refractivity contribution in [3.63, 3.8) is 0 Å². The number of imidazole rings is 1. The van der Waals surface area contributed by atoms with Gasteiger partial charge >= 0.3 is 6.03 Å². The van der Waals surface area contributed by atoms with Crippen molar-refractivity contribution in [2.24, 2.45) is 5.73 Å². The molecular weight excluding hydrogens is 294 g/mol. The molecule has 7 heteroatoms. The van der Waals surface area contributed by atoms with Crippen molar-refractivity contribution in [1.82, 2.24) is 19.8 Å². The number of para-hydroxylation sites is 1. The molecule has 1 saturated heterocycles. The number of hydrogen-bond acceptors (Lipinski definition) is 3. The minimum absolute atomic E-state index is 0.0986. The average Bonchev–Trinajstić information content (AvgIpc) is 3.13. The number of nitrogens with two attached hydrogens (primary N) is 1. The number of nitrogens with zero attached hydrogens (tertiary/aromatic N) is 3. The molecule has 0 bridgehead atoms. The predicted octanol–water partition coefficient (Wildman–Crippen LogP) is 1.37. The molecule has 1 fully saturated rings. The van der Waals surface area contributed by atoms with E-state index in [0.29, 0.717) is 19.5 Å². The first-order chi connectivity index (χ1) is 11.0. The number of H-pyrrole nitrogens is 1. The third-order valence-electron chi connectivity index (χ3n) is 4.35. The molecule has 2 aromatic rings. The zero-order valence-corrected chi connectivity index (χ0v) is 13.4. The van der Waals surface area contributed by atoms with Gasteiger partial charge in [-0.25, -0.2) is 9.78 Å². The van der Waals surface area contributed by atoms with Gasteiger partial charge in [-0.05, 0) is 31.4 Å². The third-order valence-corrected chi connectivity index (χ3v) is 4.35. The maximum atomic E-state index is 12.6. The van der Waals surface area contributed by atoms with E-state index in [-0.39, 0.29) is 5.91 Å². The molecule has 3 rings (SSSR count). The van der Waals surface area contributed by atoms with Crippen LogP contribution in [0.5, 0.6) is 0 Å². The fourth-order valence-electron chi connectivity index (χ4n) is 3.15. The molecule has 23 heavy (non-hydrogen) atoms. The first kappa shape index (κ1) is 15.3. The van der Waals surface area contributed by atoms with E-state index in [2.05, 4.69) is 9.97 Å². The number of urea groups is 1. The minimum atomic E-state index is -0.534. The highest BCUT2D eigenvalue weighted by Gasteiger charge is 2.34. The minimum Gasteiger partial charge on any atom is -0.351 e. The quantitative estimate of drug-likeness (QED) is 0.895. The summed E-state index contributed by atoms with van der Waals surface area (Å²) in [4.78, 5) is 34.8. The van der Waals surface area contributed by atoms with E-state index in [1.54, 1.807) is 11.9 Å². The number of hydrogen-bond donors (Lipinski definition) is 2. The number of aryl methyl sites for hydroxylation is 1. The molecule has 0 aliphatic carbocycles. The molecule has 0 spiro atoms. The molecule has 2 heterocycles. The van der Waals surface area contributed by atoms with Crippen molar-refractivity contribution in [1.29, 1.82) is 0 Å². The Bertz CT molecular complexity index is 754. The van der Waals surface area contributed by atoms with Crippen molar-refractivity contribution in [3.05, 3.63) is 29.6 Å². The molecule has 3 N–H and O–H groups in total. The Morgan fingerprint density at radius 3 is 2.96 bits per heavy atom. The van der Waals surface area contributed by atoms with Crippen LogP contribution in [0.3, 0.4) is 0 Å². The normalized spacial score (nSPS) is 17.7. The van der Waals surface area contributed by atoms with E-state index in [1.165, 1.54) is 4.90 Å². The SMILES string of the molecule is Cc1cccc2[nH]c(CN(C)C(=O)[C@@H]3CCCN3C(N)=O)nc12. The van der Waals surface area contributed by atoms with Gasteiger partial charge in [0.2, 0.25) is 5.91 Å². The Morgan fingerprint density at radius 1 is 1.48 bits per heavy atom. The number of rotatable bonds is 3. The van der Waals surface area contributed by atoms with Crippen LogP contribution in [0, 0.1) is 6.92 Å². The van der Waals surface area contributed by atoms with Gasteiger partial charge in [-0.2, -0.15) is 0 Å². The maximum absolute atomic E-state index is 12.6. The van der Waals surface area contributed by atoms with Crippen LogP contribution in [-0.2, 0) is 11.3 Å². The highest BCUT2D eigenvalue weighted by atomic mass is 16.2. The van der Waals surface area contributed by atoms with E-state index >= 15 is 0 Å². The standard InChI is InChI=1S/C16H21N5O2/c1-10-5-3-6-11-14(10)19-13(18-11)9-20(2)15(22)12-7-4-8-21(12)16(17)23/h3,5-6,12H,4,7-9H2,1-2H3,(H2,17,23)(H,18,19)/t12-/m0/s1. The lowest BCUT2D eigenvalue weighted by atomic mass is 10.2. The molecule has 0 unspecified atom stereocenters. The molecule has 3 amide bonds. The fraction of sp³-hybridized carbons (Fsp3) is 0.438. The lowest BCUT2D eigenvalue weighted by Gasteiger charge is -2.26. The number of likely N-dealkylation sites (tertiary alicyclic amines) is 1. The van der Waals surface area contributed by atoms with E-state index < -0.39 is 12.1 Å². The topological polar surface area (TPSA) is 95.3 Å². The van der Waals surface area contributed by atoms with Crippen LogP contribution < -0.4 is 5.73 Å². The van der Waals surface area contributed by atoms with Crippen molar-refractivity contribution < 1.29 is 9.59 Å². The summed E-state index contributed by atoms with van der Waals surface area (Å²) in [5, 5.41) is 0. The molecule has 0 radical (unpaired) electrons. The fourth-order valence-corrected chi connectivity index (χ4v) is 3.15. The number of primary amides is 1. The van der Waals surface area contributed by atoms with Crippen molar-refractivity contribution >= 4 is 23.0 Å². The van der Waals surface area contributed by atoms with Crippen LogP contribution in [0.1, 0.15) is 24.2 Å². The van der Waals surface area contributed by atoms with Crippen LogP contribution in [-0.4, -0.2) is 51.3 Å². The van der Waals surface area contributed by atoms with E-state index in [1.807, 2.05) is 25.1 Å². The Kier molecular flexibility index (Phi) is 3.94. The lowest BCUT2D eigenvalue weighted by molar-refractivity contribution is -0.134. The number of carbonyl (C=O) groups excluding carboxylic acids is 2. The number of nitrogens with one attached hydrogen (secondary N) is 1. The molecular formula is C16H21N5O2. The molecule has 1 atom stereocenters. The van der Waals surface area contributed by atoms with E-state index in [4.69, 9.17) is 5.73 Å². The Morgan fingerprint density at radius 2 is 2.26 bits per heavy atom. The maximum Gasteiger partial charge on any atom is 0.315 e. The molecule has 7 nitrogen and oxygen atoms in total. The summed E-state index contributed by atoms with van der Waals surface area (Å²) in [7, 11) is 1.72. The van der Waals surface area contributed by atoms with Crippen LogP contribution in [0.4, 0.5) is 4.79 Å². The van der Waals surface area contributed by atoms with Crippen molar-refractivity contribution in [2.75, 3.05) is 13.6 Å². The summed E-state index contributed by atoms with van der Waals surface area (Å²) in [6.07, 6.45) is 1.46. The van der Waals surface area contributed by atoms with Crippen LogP contribution in [0.2, 0.25) is 0 Å². The van der Waals surface area contributed by atoms with Gasteiger partial charge in [0.15, 0.2) is 0 Å². The summed E-state index contributed by atoms with van der Waals surface area (Å²) in [6.45, 7) is 2.92. The predicted molar refractivity (Wildman–Crippen MR) is 86.6 cm³/mol. The first-order valence-corrected chi connectivity index (χ1v) is 7.72. The van der Waals surface area contributed by atoms with E-state index in [0.717, 1.165) is 28.8 Å². The van der Waals surface area contributed by atoms with Gasteiger partial charge in [0.1, 0.15) is 11.9 Å². The summed E-state index contributed by atoms with van der Waals surface area (Å²) >= 11 is 0. The van der Waals surface area contributed by atoms with Gasteiger partial charge < -0.3 is 20.5 Å². The third kappa shape index (κ3) is 2.86. The van der Waals surface area contributed by atoms with Crippen LogP contribution in [0.25, 0.3) is 11.0 Å². The number of carbonyl (C=O) groups is 2.